The summed E-state index contributed by atoms with van der Waals surface area (Å²) in [5.41, 5.74) is 1.15. The third kappa shape index (κ3) is 3.55. The molecule has 0 amide bonds. The molecule has 1 aromatic carbocycles. The van der Waals surface area contributed by atoms with Crippen LogP contribution in [0, 0.1) is 6.92 Å². The van der Waals surface area contributed by atoms with E-state index in [4.69, 9.17) is 14.3 Å². The second kappa shape index (κ2) is 6.63. The third-order valence-electron chi connectivity index (χ3n) is 3.24. The van der Waals surface area contributed by atoms with E-state index in [1.165, 1.54) is 0 Å². The number of carboxylic acid groups (broad SMARTS) is 1. The van der Waals surface area contributed by atoms with Crippen LogP contribution in [0.15, 0.2) is 22.6 Å². The molecule has 0 spiro atoms. The third-order valence-corrected chi connectivity index (χ3v) is 3.24. The molecular weight excluding hydrogens is 270 g/mol. The summed E-state index contributed by atoms with van der Waals surface area (Å²) in [4.78, 5) is 11.1. The molecule has 0 aliphatic carbocycles. The second-order valence-electron chi connectivity index (χ2n) is 5.30. The van der Waals surface area contributed by atoms with Gasteiger partial charge in [-0.05, 0) is 32.0 Å². The molecule has 2 aromatic rings. The predicted molar refractivity (Wildman–Crippen MR) is 81.2 cm³/mol. The van der Waals surface area contributed by atoms with Gasteiger partial charge < -0.3 is 19.6 Å². The minimum atomic E-state index is -1.06. The number of fused-ring (bicyclic) bond motifs is 1. The molecule has 1 aromatic heterocycles. The van der Waals surface area contributed by atoms with Gasteiger partial charge in [-0.3, -0.25) is 0 Å². The molecule has 0 fully saturated rings. The van der Waals surface area contributed by atoms with Crippen molar-refractivity contribution >= 4 is 16.9 Å². The smallest absolute Gasteiger partial charge is 0.372 e. The van der Waals surface area contributed by atoms with Crippen molar-refractivity contribution in [2.75, 3.05) is 13.2 Å². The number of rotatable bonds is 7. The molecule has 0 atom stereocenters. The predicted octanol–water partition coefficient (Wildman–Crippen LogP) is 3.21. The first kappa shape index (κ1) is 15.4. The van der Waals surface area contributed by atoms with Crippen LogP contribution in [-0.4, -0.2) is 30.3 Å². The molecule has 0 unspecified atom stereocenters. The first-order chi connectivity index (χ1) is 10.0. The van der Waals surface area contributed by atoms with Crippen molar-refractivity contribution in [1.82, 2.24) is 5.32 Å². The van der Waals surface area contributed by atoms with Crippen molar-refractivity contribution in [3.8, 4) is 5.75 Å². The number of nitrogens with one attached hydrogen (secondary N) is 1. The van der Waals surface area contributed by atoms with E-state index in [0.717, 1.165) is 18.4 Å². The number of hydrogen-bond donors (Lipinski definition) is 2. The van der Waals surface area contributed by atoms with E-state index in [2.05, 4.69) is 19.2 Å². The van der Waals surface area contributed by atoms with Crippen molar-refractivity contribution in [1.29, 1.82) is 0 Å². The van der Waals surface area contributed by atoms with Gasteiger partial charge >= 0.3 is 5.97 Å². The minimum Gasteiger partial charge on any atom is -0.493 e. The van der Waals surface area contributed by atoms with E-state index >= 15 is 0 Å². The minimum absolute atomic E-state index is 0.0254. The number of carboxylic acids is 1. The Labute approximate surface area is 123 Å². The van der Waals surface area contributed by atoms with Crippen LogP contribution in [-0.2, 0) is 0 Å². The Bertz CT molecular complexity index is 630. The molecule has 0 bridgehead atoms. The molecule has 1 heterocycles. The lowest BCUT2D eigenvalue weighted by Gasteiger charge is -2.10. The topological polar surface area (TPSA) is 71.7 Å². The molecular formula is C16H21NO4. The van der Waals surface area contributed by atoms with Crippen LogP contribution in [0.3, 0.4) is 0 Å². The molecule has 0 saturated carbocycles. The summed E-state index contributed by atoms with van der Waals surface area (Å²) in [7, 11) is 0. The maximum absolute atomic E-state index is 11.1. The van der Waals surface area contributed by atoms with Crippen molar-refractivity contribution in [2.45, 2.75) is 33.2 Å². The molecule has 0 saturated heterocycles. The maximum Gasteiger partial charge on any atom is 0.372 e. The van der Waals surface area contributed by atoms with Crippen molar-refractivity contribution in [2.24, 2.45) is 0 Å². The van der Waals surface area contributed by atoms with Crippen LogP contribution in [0.1, 0.15) is 36.4 Å². The zero-order chi connectivity index (χ0) is 15.4. The molecule has 5 heteroatoms. The van der Waals surface area contributed by atoms with Crippen molar-refractivity contribution in [3.63, 3.8) is 0 Å². The van der Waals surface area contributed by atoms with Crippen molar-refractivity contribution < 1.29 is 19.1 Å². The first-order valence-electron chi connectivity index (χ1n) is 7.12. The average Bonchev–Trinajstić information content (AvgIpc) is 2.76. The number of aromatic carboxylic acids is 1. The van der Waals surface area contributed by atoms with Gasteiger partial charge in [-0.1, -0.05) is 19.9 Å². The zero-order valence-corrected chi connectivity index (χ0v) is 12.6. The van der Waals surface area contributed by atoms with E-state index in [9.17, 15) is 4.79 Å². The van der Waals surface area contributed by atoms with Gasteiger partial charge in [0, 0.05) is 11.6 Å². The van der Waals surface area contributed by atoms with E-state index in [1.54, 1.807) is 19.1 Å². The van der Waals surface area contributed by atoms with Crippen molar-refractivity contribution in [3.05, 3.63) is 29.5 Å². The fourth-order valence-corrected chi connectivity index (χ4v) is 2.24. The molecule has 0 aliphatic rings. The van der Waals surface area contributed by atoms with Crippen LogP contribution in [0.25, 0.3) is 11.0 Å². The van der Waals surface area contributed by atoms with Gasteiger partial charge in [0.25, 0.3) is 0 Å². The number of carbonyl (C=O) groups is 1. The average molecular weight is 291 g/mol. The largest absolute Gasteiger partial charge is 0.493 e. The lowest BCUT2D eigenvalue weighted by molar-refractivity contribution is 0.0664. The molecule has 0 radical (unpaired) electrons. The molecule has 21 heavy (non-hydrogen) atoms. The zero-order valence-electron chi connectivity index (χ0n) is 12.6. The highest BCUT2D eigenvalue weighted by Gasteiger charge is 2.19. The fraction of sp³-hybridized carbons (Fsp3) is 0.438. The van der Waals surface area contributed by atoms with Gasteiger partial charge in [-0.25, -0.2) is 4.79 Å². The molecule has 2 rings (SSSR count). The lowest BCUT2D eigenvalue weighted by Crippen LogP contribution is -2.24. The number of benzene rings is 1. The number of hydrogen-bond acceptors (Lipinski definition) is 4. The Morgan fingerprint density at radius 3 is 2.86 bits per heavy atom. The number of ether oxygens (including phenoxy) is 1. The van der Waals surface area contributed by atoms with E-state index in [0.29, 0.717) is 29.5 Å². The molecule has 114 valence electrons. The number of aryl methyl sites for hydroxylation is 1. The van der Waals surface area contributed by atoms with Crippen LogP contribution >= 0.6 is 0 Å². The Kier molecular flexibility index (Phi) is 4.85. The Morgan fingerprint density at radius 1 is 1.43 bits per heavy atom. The highest BCUT2D eigenvalue weighted by atomic mass is 16.5. The van der Waals surface area contributed by atoms with Gasteiger partial charge in [-0.2, -0.15) is 0 Å². The first-order valence-corrected chi connectivity index (χ1v) is 7.12. The quantitative estimate of drug-likeness (QED) is 0.766. The van der Waals surface area contributed by atoms with E-state index in [1.807, 2.05) is 6.07 Å². The lowest BCUT2D eigenvalue weighted by atomic mass is 10.1. The summed E-state index contributed by atoms with van der Waals surface area (Å²) >= 11 is 0. The van der Waals surface area contributed by atoms with Gasteiger partial charge in [0.05, 0.1) is 12.0 Å². The van der Waals surface area contributed by atoms with E-state index in [-0.39, 0.29) is 5.76 Å². The highest BCUT2D eigenvalue weighted by molar-refractivity contribution is 5.97. The van der Waals surface area contributed by atoms with Crippen LogP contribution in [0.5, 0.6) is 5.75 Å². The van der Waals surface area contributed by atoms with E-state index < -0.39 is 5.97 Å². The maximum atomic E-state index is 11.1. The standard InChI is InChI=1S/C16H21NO4/c1-10(2)17-8-5-9-20-12-6-4-7-13-14(12)11(3)15(21-13)16(18)19/h4,6-7,10,17H,5,8-9H2,1-3H3,(H,18,19). The number of furan rings is 1. The summed E-state index contributed by atoms with van der Waals surface area (Å²) < 4.78 is 11.2. The van der Waals surface area contributed by atoms with Gasteiger partial charge in [0.2, 0.25) is 5.76 Å². The SMILES string of the molecule is Cc1c(C(=O)O)oc2cccc(OCCCNC(C)C)c12. The summed E-state index contributed by atoms with van der Waals surface area (Å²) in [6.07, 6.45) is 0.886. The van der Waals surface area contributed by atoms with Crippen LogP contribution < -0.4 is 10.1 Å². The summed E-state index contributed by atoms with van der Waals surface area (Å²) in [6.45, 7) is 7.40. The molecule has 0 aliphatic heterocycles. The molecule has 2 N–H and O–H groups in total. The Balaban J connectivity index is 2.11. The van der Waals surface area contributed by atoms with Gasteiger partial charge in [-0.15, -0.1) is 0 Å². The van der Waals surface area contributed by atoms with Gasteiger partial charge in [0.15, 0.2) is 0 Å². The Morgan fingerprint density at radius 2 is 2.19 bits per heavy atom. The Hall–Kier alpha value is -2.01. The van der Waals surface area contributed by atoms with Gasteiger partial charge in [0.1, 0.15) is 11.3 Å². The second-order valence-corrected chi connectivity index (χ2v) is 5.30. The fourth-order valence-electron chi connectivity index (χ4n) is 2.24. The van der Waals surface area contributed by atoms with Crippen LogP contribution in [0.2, 0.25) is 0 Å². The normalized spacial score (nSPS) is 11.2. The van der Waals surface area contributed by atoms with Crippen LogP contribution in [0.4, 0.5) is 0 Å². The highest BCUT2D eigenvalue weighted by Crippen LogP contribution is 2.33. The summed E-state index contributed by atoms with van der Waals surface area (Å²) in [6, 6.07) is 5.86. The molecule has 5 nitrogen and oxygen atoms in total. The monoisotopic (exact) mass is 291 g/mol. The summed E-state index contributed by atoms with van der Waals surface area (Å²) in [5, 5.41) is 13.2. The summed E-state index contributed by atoms with van der Waals surface area (Å²) in [5.74, 6) is -0.413.